The molecular formula is C10H9N3O4S. The number of carboxylic acids is 1. The zero-order chi connectivity index (χ0) is 13.1. The lowest BCUT2D eigenvalue weighted by Gasteiger charge is -2.00. The van der Waals surface area contributed by atoms with Crippen LogP contribution in [0, 0.1) is 0 Å². The van der Waals surface area contributed by atoms with Crippen molar-refractivity contribution in [3.05, 3.63) is 18.2 Å². The lowest BCUT2D eigenvalue weighted by Crippen LogP contribution is -1.97. The number of nitrogens with one attached hydrogen (secondary N) is 1. The first-order valence-electron chi connectivity index (χ1n) is 4.86. The Kier molecular flexibility index (Phi) is 3.38. The standard InChI is InChI=1S/C10H9N3O4S/c14-5-1-2-6(7(15)3-5)9-11-10(13-12-9)18-4-8(16)17/h1-3,14-15H,4H2,(H,16,17)(H,11,12,13). The van der Waals surface area contributed by atoms with E-state index in [9.17, 15) is 9.90 Å². The molecule has 0 unspecified atom stereocenters. The third kappa shape index (κ3) is 2.72. The van der Waals surface area contributed by atoms with E-state index in [1.165, 1.54) is 18.2 Å². The lowest BCUT2D eigenvalue weighted by molar-refractivity contribution is -0.133. The van der Waals surface area contributed by atoms with Gasteiger partial charge >= 0.3 is 5.97 Å². The van der Waals surface area contributed by atoms with E-state index in [1.54, 1.807) is 0 Å². The largest absolute Gasteiger partial charge is 0.508 e. The van der Waals surface area contributed by atoms with Crippen LogP contribution in [-0.4, -0.2) is 42.2 Å². The van der Waals surface area contributed by atoms with Crippen molar-refractivity contribution >= 4 is 17.7 Å². The molecule has 0 saturated heterocycles. The third-order valence-corrected chi connectivity index (χ3v) is 2.88. The third-order valence-electron chi connectivity index (χ3n) is 2.03. The Bertz CT molecular complexity index is 584. The van der Waals surface area contributed by atoms with E-state index in [1.807, 2.05) is 0 Å². The van der Waals surface area contributed by atoms with Crippen molar-refractivity contribution in [2.24, 2.45) is 0 Å². The molecule has 0 spiro atoms. The number of aliphatic carboxylic acids is 1. The van der Waals surface area contributed by atoms with Gasteiger partial charge in [0.15, 0.2) is 11.0 Å². The summed E-state index contributed by atoms with van der Waals surface area (Å²) >= 11 is 0.993. The summed E-state index contributed by atoms with van der Waals surface area (Å²) in [6.07, 6.45) is 0. The lowest BCUT2D eigenvalue weighted by atomic mass is 10.2. The van der Waals surface area contributed by atoms with Gasteiger partial charge in [-0.2, -0.15) is 0 Å². The predicted molar refractivity (Wildman–Crippen MR) is 63.5 cm³/mol. The Labute approximate surface area is 106 Å². The number of nitrogens with zero attached hydrogens (tertiary/aromatic N) is 2. The molecule has 2 aromatic rings. The summed E-state index contributed by atoms with van der Waals surface area (Å²) in [4.78, 5) is 13.2. The van der Waals surface area contributed by atoms with Crippen LogP contribution in [0.1, 0.15) is 0 Å². The summed E-state index contributed by atoms with van der Waals surface area (Å²) in [6.45, 7) is 0. The molecule has 18 heavy (non-hydrogen) atoms. The average Bonchev–Trinajstić information content (AvgIpc) is 2.75. The van der Waals surface area contributed by atoms with Gasteiger partial charge in [0, 0.05) is 6.07 Å². The number of aromatic amines is 1. The van der Waals surface area contributed by atoms with Crippen LogP contribution < -0.4 is 0 Å². The first-order valence-corrected chi connectivity index (χ1v) is 5.84. The molecular weight excluding hydrogens is 258 g/mol. The second kappa shape index (κ2) is 4.96. The summed E-state index contributed by atoms with van der Waals surface area (Å²) in [5.74, 6) is -0.973. The highest BCUT2D eigenvalue weighted by atomic mass is 32.2. The summed E-state index contributed by atoms with van der Waals surface area (Å²) in [5.41, 5.74) is 0.377. The molecule has 94 valence electrons. The number of carbonyl (C=O) groups is 1. The van der Waals surface area contributed by atoms with Crippen molar-refractivity contribution < 1.29 is 20.1 Å². The van der Waals surface area contributed by atoms with Crippen LogP contribution in [-0.2, 0) is 4.79 Å². The number of aromatic nitrogens is 3. The number of rotatable bonds is 4. The molecule has 0 fully saturated rings. The highest BCUT2D eigenvalue weighted by molar-refractivity contribution is 7.99. The maximum absolute atomic E-state index is 10.4. The maximum Gasteiger partial charge on any atom is 0.313 e. The minimum Gasteiger partial charge on any atom is -0.508 e. The Morgan fingerprint density at radius 1 is 1.33 bits per heavy atom. The molecule has 4 N–H and O–H groups in total. The van der Waals surface area contributed by atoms with E-state index in [2.05, 4.69) is 15.2 Å². The minimum absolute atomic E-state index is 0.0590. The number of aromatic hydroxyl groups is 2. The average molecular weight is 267 g/mol. The van der Waals surface area contributed by atoms with Crippen LogP contribution in [0.5, 0.6) is 11.5 Å². The highest BCUT2D eigenvalue weighted by Crippen LogP contribution is 2.30. The Morgan fingerprint density at radius 3 is 2.78 bits per heavy atom. The number of hydrogen-bond donors (Lipinski definition) is 4. The fourth-order valence-electron chi connectivity index (χ4n) is 1.28. The number of carboxylic acid groups (broad SMARTS) is 1. The Hall–Kier alpha value is -2.22. The van der Waals surface area contributed by atoms with E-state index >= 15 is 0 Å². The molecule has 0 radical (unpaired) electrons. The van der Waals surface area contributed by atoms with E-state index < -0.39 is 5.97 Å². The first kappa shape index (κ1) is 12.2. The summed E-state index contributed by atoms with van der Waals surface area (Å²) in [5, 5.41) is 35.2. The van der Waals surface area contributed by atoms with Crippen LogP contribution >= 0.6 is 11.8 Å². The minimum atomic E-state index is -0.953. The molecule has 0 amide bonds. The molecule has 8 heteroatoms. The van der Waals surface area contributed by atoms with E-state index in [0.29, 0.717) is 16.5 Å². The van der Waals surface area contributed by atoms with Crippen LogP contribution in [0.3, 0.4) is 0 Å². The monoisotopic (exact) mass is 267 g/mol. The second-order valence-corrected chi connectivity index (χ2v) is 4.33. The number of thioether (sulfide) groups is 1. The molecule has 1 aromatic carbocycles. The molecule has 0 bridgehead atoms. The molecule has 0 aliphatic heterocycles. The molecule has 0 aliphatic rings. The predicted octanol–water partition coefficient (Wildman–Crippen LogP) is 1.06. The molecule has 1 heterocycles. The van der Waals surface area contributed by atoms with Crippen LogP contribution in [0.25, 0.3) is 11.4 Å². The van der Waals surface area contributed by atoms with Gasteiger partial charge in [-0.15, -0.1) is 10.2 Å². The topological polar surface area (TPSA) is 119 Å². The van der Waals surface area contributed by atoms with Crippen LogP contribution in [0.15, 0.2) is 23.4 Å². The Morgan fingerprint density at radius 2 is 2.11 bits per heavy atom. The van der Waals surface area contributed by atoms with Gasteiger partial charge in [0.1, 0.15) is 11.5 Å². The maximum atomic E-state index is 10.4. The first-order chi connectivity index (χ1) is 8.56. The normalized spacial score (nSPS) is 10.4. The highest BCUT2D eigenvalue weighted by Gasteiger charge is 2.11. The second-order valence-electron chi connectivity index (χ2n) is 3.36. The zero-order valence-electron chi connectivity index (χ0n) is 8.99. The van der Waals surface area contributed by atoms with Crippen molar-refractivity contribution in [2.45, 2.75) is 5.16 Å². The van der Waals surface area contributed by atoms with Crippen molar-refractivity contribution in [1.29, 1.82) is 0 Å². The SMILES string of the molecule is O=C(O)CSc1nnc(-c2ccc(O)cc2O)[nH]1. The smallest absolute Gasteiger partial charge is 0.313 e. The number of H-pyrrole nitrogens is 1. The Balaban J connectivity index is 2.21. The molecule has 0 atom stereocenters. The number of benzene rings is 1. The van der Waals surface area contributed by atoms with Gasteiger partial charge in [0.25, 0.3) is 0 Å². The van der Waals surface area contributed by atoms with Crippen LogP contribution in [0.2, 0.25) is 0 Å². The number of phenols is 2. The van der Waals surface area contributed by atoms with E-state index in [0.717, 1.165) is 11.8 Å². The van der Waals surface area contributed by atoms with Gasteiger partial charge in [0.05, 0.1) is 11.3 Å². The molecule has 7 nitrogen and oxygen atoms in total. The van der Waals surface area contributed by atoms with E-state index in [-0.39, 0.29) is 17.3 Å². The van der Waals surface area contributed by atoms with Gasteiger partial charge in [-0.3, -0.25) is 4.79 Å². The summed E-state index contributed by atoms with van der Waals surface area (Å²) in [7, 11) is 0. The van der Waals surface area contributed by atoms with E-state index in [4.69, 9.17) is 10.2 Å². The van der Waals surface area contributed by atoms with Crippen molar-refractivity contribution in [3.8, 4) is 22.9 Å². The zero-order valence-corrected chi connectivity index (χ0v) is 9.81. The van der Waals surface area contributed by atoms with Gasteiger partial charge in [0.2, 0.25) is 0 Å². The summed E-state index contributed by atoms with van der Waals surface area (Å²) < 4.78 is 0. The fraction of sp³-hybridized carbons (Fsp3) is 0.100. The van der Waals surface area contributed by atoms with Crippen LogP contribution in [0.4, 0.5) is 0 Å². The van der Waals surface area contributed by atoms with Gasteiger partial charge < -0.3 is 20.3 Å². The van der Waals surface area contributed by atoms with Gasteiger partial charge in [-0.05, 0) is 12.1 Å². The summed E-state index contributed by atoms with van der Waals surface area (Å²) in [6, 6.07) is 4.07. The van der Waals surface area contributed by atoms with Crippen molar-refractivity contribution in [1.82, 2.24) is 15.2 Å². The molecule has 0 saturated carbocycles. The molecule has 2 rings (SSSR count). The van der Waals surface area contributed by atoms with Gasteiger partial charge in [-0.25, -0.2) is 0 Å². The quantitative estimate of drug-likeness (QED) is 0.611. The number of phenolic OH excluding ortho intramolecular Hbond substituents is 2. The molecule has 0 aliphatic carbocycles. The van der Waals surface area contributed by atoms with Gasteiger partial charge in [-0.1, -0.05) is 11.8 Å². The van der Waals surface area contributed by atoms with Crippen molar-refractivity contribution in [3.63, 3.8) is 0 Å². The fourth-order valence-corrected chi connectivity index (χ4v) is 1.81. The number of hydrogen-bond acceptors (Lipinski definition) is 6. The van der Waals surface area contributed by atoms with Crippen molar-refractivity contribution in [2.75, 3.05) is 5.75 Å². The molecule has 1 aromatic heterocycles.